The van der Waals surface area contributed by atoms with Crippen LogP contribution in [0.1, 0.15) is 46.5 Å². The first-order chi connectivity index (χ1) is 12.4. The van der Waals surface area contributed by atoms with E-state index in [1.807, 2.05) is 0 Å². The van der Waals surface area contributed by atoms with Gasteiger partial charge in [-0.15, -0.1) is 0 Å². The molecular weight excluding hydrogens is 318 g/mol. The third kappa shape index (κ3) is 3.21. The molecule has 0 N–H and O–H groups in total. The lowest BCUT2D eigenvalue weighted by Crippen LogP contribution is -2.54. The van der Waals surface area contributed by atoms with Crippen molar-refractivity contribution in [2.75, 3.05) is 46.8 Å². The van der Waals surface area contributed by atoms with Gasteiger partial charge in [0.25, 0.3) is 0 Å². The Bertz CT molecular complexity index is 582. The standard InChI is InChI=1S/C23H40N3/c1-17(2)21(22-14-19-8-12-26(22,5)13-9-19)7-10-24(4)23-15-20-6-11-25(23)16-18(20)3/h14-15,17-21H,6-13,16H2,1-5H3/q+1. The number of quaternary nitrogens is 1. The second-order valence-corrected chi connectivity index (χ2v) is 10.2. The molecule has 0 aliphatic carbocycles. The minimum Gasteiger partial charge on any atom is -0.362 e. The van der Waals surface area contributed by atoms with Crippen molar-refractivity contribution in [1.82, 2.24) is 9.80 Å². The van der Waals surface area contributed by atoms with Crippen molar-refractivity contribution in [1.29, 1.82) is 0 Å². The van der Waals surface area contributed by atoms with Gasteiger partial charge in [-0.1, -0.05) is 20.8 Å². The number of fused-ring (bicyclic) bond motifs is 4. The molecule has 0 amide bonds. The zero-order chi connectivity index (χ0) is 18.5. The van der Waals surface area contributed by atoms with Gasteiger partial charge < -0.3 is 9.80 Å². The Morgan fingerprint density at radius 2 is 1.92 bits per heavy atom. The lowest BCUT2D eigenvalue weighted by molar-refractivity contribution is -0.887. The molecule has 6 rings (SSSR count). The Morgan fingerprint density at radius 1 is 1.19 bits per heavy atom. The molecule has 4 bridgehead atoms. The third-order valence-corrected chi connectivity index (χ3v) is 8.03. The summed E-state index contributed by atoms with van der Waals surface area (Å²) in [5.74, 6) is 5.51. The Kier molecular flexibility index (Phi) is 4.88. The van der Waals surface area contributed by atoms with Crippen LogP contribution in [-0.2, 0) is 0 Å². The number of hydrogen-bond donors (Lipinski definition) is 0. The van der Waals surface area contributed by atoms with Gasteiger partial charge in [0.1, 0.15) is 5.70 Å². The highest BCUT2D eigenvalue weighted by molar-refractivity contribution is 5.13. The van der Waals surface area contributed by atoms with Gasteiger partial charge in [0.05, 0.1) is 26.0 Å². The summed E-state index contributed by atoms with van der Waals surface area (Å²) < 4.78 is 1.23. The molecule has 0 aromatic rings. The maximum absolute atomic E-state index is 2.69. The van der Waals surface area contributed by atoms with E-state index in [9.17, 15) is 0 Å². The van der Waals surface area contributed by atoms with Crippen molar-refractivity contribution >= 4 is 0 Å². The van der Waals surface area contributed by atoms with Crippen molar-refractivity contribution in [3.05, 3.63) is 23.7 Å². The summed E-state index contributed by atoms with van der Waals surface area (Å²) in [7, 11) is 4.82. The monoisotopic (exact) mass is 358 g/mol. The second kappa shape index (κ2) is 6.89. The van der Waals surface area contributed by atoms with Crippen LogP contribution in [0.3, 0.4) is 0 Å². The van der Waals surface area contributed by atoms with Gasteiger partial charge in [-0.3, -0.25) is 4.48 Å². The van der Waals surface area contributed by atoms with E-state index in [0.29, 0.717) is 0 Å². The predicted molar refractivity (Wildman–Crippen MR) is 109 cm³/mol. The van der Waals surface area contributed by atoms with E-state index in [1.54, 1.807) is 5.70 Å². The van der Waals surface area contributed by atoms with Crippen molar-refractivity contribution < 1.29 is 4.48 Å². The predicted octanol–water partition coefficient (Wildman–Crippen LogP) is 4.15. The maximum Gasteiger partial charge on any atom is 0.108 e. The zero-order valence-electron chi connectivity index (χ0n) is 17.7. The molecule has 0 saturated carbocycles. The van der Waals surface area contributed by atoms with E-state index in [4.69, 9.17) is 0 Å². The van der Waals surface area contributed by atoms with Crippen LogP contribution in [0.25, 0.3) is 0 Å². The fourth-order valence-corrected chi connectivity index (χ4v) is 6.08. The fourth-order valence-electron chi connectivity index (χ4n) is 6.08. The minimum atomic E-state index is 0.737. The van der Waals surface area contributed by atoms with Crippen LogP contribution in [0, 0.1) is 29.6 Å². The van der Waals surface area contributed by atoms with E-state index in [2.05, 4.69) is 56.8 Å². The van der Waals surface area contributed by atoms with E-state index < -0.39 is 0 Å². The Labute approximate surface area is 161 Å². The molecule has 0 radical (unpaired) electrons. The lowest BCUT2D eigenvalue weighted by atomic mass is 9.79. The first-order valence-corrected chi connectivity index (χ1v) is 11.1. The average molecular weight is 359 g/mol. The number of rotatable bonds is 6. The molecule has 2 saturated heterocycles. The molecule has 3 nitrogen and oxygen atoms in total. The lowest BCUT2D eigenvalue weighted by Gasteiger charge is -2.49. The summed E-state index contributed by atoms with van der Waals surface area (Å²) in [5, 5.41) is 0. The molecule has 0 aromatic heterocycles. The van der Waals surface area contributed by atoms with Crippen molar-refractivity contribution in [2.24, 2.45) is 29.6 Å². The third-order valence-electron chi connectivity index (χ3n) is 8.03. The zero-order valence-corrected chi connectivity index (χ0v) is 17.7. The highest BCUT2D eigenvalue weighted by Crippen LogP contribution is 2.42. The van der Waals surface area contributed by atoms with Crippen molar-refractivity contribution in [3.8, 4) is 0 Å². The van der Waals surface area contributed by atoms with Gasteiger partial charge in [0, 0.05) is 45.4 Å². The quantitative estimate of drug-likeness (QED) is 0.658. The number of piperidine rings is 2. The molecule has 26 heavy (non-hydrogen) atoms. The van der Waals surface area contributed by atoms with Crippen LogP contribution < -0.4 is 0 Å². The summed E-state index contributed by atoms with van der Waals surface area (Å²) >= 11 is 0. The first-order valence-electron chi connectivity index (χ1n) is 11.1. The molecule has 3 heteroatoms. The van der Waals surface area contributed by atoms with E-state index >= 15 is 0 Å². The largest absolute Gasteiger partial charge is 0.362 e. The van der Waals surface area contributed by atoms with Crippen LogP contribution in [0.5, 0.6) is 0 Å². The normalized spacial score (nSPS) is 37.0. The van der Waals surface area contributed by atoms with Gasteiger partial charge in [0.15, 0.2) is 0 Å². The van der Waals surface area contributed by atoms with Crippen LogP contribution >= 0.6 is 0 Å². The van der Waals surface area contributed by atoms with Crippen LogP contribution in [-0.4, -0.2) is 61.1 Å². The van der Waals surface area contributed by atoms with Gasteiger partial charge in [0.2, 0.25) is 0 Å². The first kappa shape index (κ1) is 18.4. The number of nitrogens with zero attached hydrogens (tertiary/aromatic N) is 3. The van der Waals surface area contributed by atoms with Crippen molar-refractivity contribution in [2.45, 2.75) is 46.5 Å². The van der Waals surface area contributed by atoms with E-state index in [-0.39, 0.29) is 0 Å². The highest BCUT2D eigenvalue weighted by Gasteiger charge is 2.43. The van der Waals surface area contributed by atoms with Crippen LogP contribution in [0.4, 0.5) is 0 Å². The second-order valence-electron chi connectivity index (χ2n) is 10.2. The van der Waals surface area contributed by atoms with E-state index in [0.717, 1.165) is 29.6 Å². The Balaban J connectivity index is 1.45. The smallest absolute Gasteiger partial charge is 0.108 e. The van der Waals surface area contributed by atoms with Crippen LogP contribution in [0.15, 0.2) is 23.7 Å². The minimum absolute atomic E-state index is 0.737. The van der Waals surface area contributed by atoms with Gasteiger partial charge >= 0.3 is 0 Å². The molecule has 146 valence electrons. The fraction of sp³-hybridized carbons (Fsp3) is 0.826. The molecule has 3 atom stereocenters. The molecule has 3 unspecified atom stereocenters. The van der Waals surface area contributed by atoms with Crippen molar-refractivity contribution in [3.63, 3.8) is 0 Å². The molecule has 2 fully saturated rings. The Morgan fingerprint density at radius 3 is 2.46 bits per heavy atom. The summed E-state index contributed by atoms with van der Waals surface area (Å²) in [5.41, 5.74) is 1.77. The molecule has 6 heterocycles. The molecule has 6 aliphatic rings. The van der Waals surface area contributed by atoms with Gasteiger partial charge in [-0.05, 0) is 48.7 Å². The summed E-state index contributed by atoms with van der Waals surface area (Å²) in [4.78, 5) is 5.19. The number of hydrogen-bond acceptors (Lipinski definition) is 2. The summed E-state index contributed by atoms with van der Waals surface area (Å²) in [6.45, 7) is 13.7. The molecule has 0 aromatic carbocycles. The van der Waals surface area contributed by atoms with E-state index in [1.165, 1.54) is 68.7 Å². The van der Waals surface area contributed by atoms with Crippen LogP contribution in [0.2, 0.25) is 0 Å². The molecular formula is C23H40N3+. The maximum atomic E-state index is 2.69. The molecule has 0 spiro atoms. The molecule has 6 aliphatic heterocycles. The summed E-state index contributed by atoms with van der Waals surface area (Å²) in [6.07, 6.45) is 10.7. The summed E-state index contributed by atoms with van der Waals surface area (Å²) in [6, 6.07) is 0. The van der Waals surface area contributed by atoms with Gasteiger partial charge in [-0.25, -0.2) is 0 Å². The topological polar surface area (TPSA) is 6.48 Å². The highest BCUT2D eigenvalue weighted by atomic mass is 15.4. The Hall–Kier alpha value is -0.960. The SMILES string of the molecule is CC(C)C(CCN(C)C1=CC2CCN1CC2C)C1=CC2CC[N+]1(C)CC2. The number of allylic oxidation sites excluding steroid dienone is 3. The average Bonchev–Trinajstić information content (AvgIpc) is 2.62. The van der Waals surface area contributed by atoms with Gasteiger partial charge in [-0.2, -0.15) is 0 Å².